The van der Waals surface area contributed by atoms with Gasteiger partial charge in [-0.05, 0) is 19.8 Å². The zero-order valence-corrected chi connectivity index (χ0v) is 9.95. The van der Waals surface area contributed by atoms with Crippen LogP contribution in [0.1, 0.15) is 39.0 Å². The van der Waals surface area contributed by atoms with E-state index in [1.54, 1.807) is 11.9 Å². The van der Waals surface area contributed by atoms with Crippen molar-refractivity contribution in [1.29, 1.82) is 0 Å². The third-order valence-electron chi connectivity index (χ3n) is 3.24. The smallest absolute Gasteiger partial charge is 0.317 e. The Kier molecular flexibility index (Phi) is 4.15. The van der Waals surface area contributed by atoms with Crippen LogP contribution >= 0.6 is 0 Å². The number of hydrogen-bond acceptors (Lipinski definition) is 2. The average molecular weight is 228 g/mol. The van der Waals surface area contributed by atoms with E-state index < -0.39 is 11.5 Å². The van der Waals surface area contributed by atoms with Crippen LogP contribution in [-0.2, 0) is 4.79 Å². The molecule has 0 aromatic heterocycles. The second kappa shape index (κ2) is 5.18. The molecule has 0 saturated heterocycles. The zero-order valence-electron chi connectivity index (χ0n) is 9.95. The van der Waals surface area contributed by atoms with Crippen molar-refractivity contribution in [2.75, 3.05) is 13.6 Å². The summed E-state index contributed by atoms with van der Waals surface area (Å²) in [5, 5.41) is 11.8. The van der Waals surface area contributed by atoms with Crippen molar-refractivity contribution in [2.24, 2.45) is 0 Å². The van der Waals surface area contributed by atoms with E-state index in [1.807, 2.05) is 6.92 Å². The van der Waals surface area contributed by atoms with Crippen molar-refractivity contribution in [1.82, 2.24) is 10.2 Å². The largest absolute Gasteiger partial charge is 0.481 e. The first-order chi connectivity index (χ1) is 7.49. The van der Waals surface area contributed by atoms with Gasteiger partial charge in [0, 0.05) is 13.6 Å². The summed E-state index contributed by atoms with van der Waals surface area (Å²) < 4.78 is 0. The van der Waals surface area contributed by atoms with E-state index in [0.717, 1.165) is 25.7 Å². The van der Waals surface area contributed by atoms with Gasteiger partial charge in [-0.2, -0.15) is 0 Å². The fraction of sp³-hybridized carbons (Fsp3) is 0.818. The Morgan fingerprint density at radius 3 is 2.38 bits per heavy atom. The molecule has 5 nitrogen and oxygen atoms in total. The molecule has 0 radical (unpaired) electrons. The predicted molar refractivity (Wildman–Crippen MR) is 60.3 cm³/mol. The van der Waals surface area contributed by atoms with Crippen LogP contribution in [0.3, 0.4) is 0 Å². The summed E-state index contributed by atoms with van der Waals surface area (Å²) in [6.07, 6.45) is 3.54. The lowest BCUT2D eigenvalue weighted by Crippen LogP contribution is -2.52. The number of urea groups is 1. The van der Waals surface area contributed by atoms with Gasteiger partial charge in [0.25, 0.3) is 0 Å². The molecule has 0 unspecified atom stereocenters. The number of nitrogens with one attached hydrogen (secondary N) is 1. The number of carbonyl (C=O) groups is 2. The maximum Gasteiger partial charge on any atom is 0.317 e. The predicted octanol–water partition coefficient (Wildman–Crippen LogP) is 1.44. The minimum absolute atomic E-state index is 0.0241. The lowest BCUT2D eigenvalue weighted by atomic mass is 9.93. The first kappa shape index (κ1) is 12.8. The van der Waals surface area contributed by atoms with Gasteiger partial charge in [-0.25, -0.2) is 4.79 Å². The third kappa shape index (κ3) is 3.12. The van der Waals surface area contributed by atoms with Crippen LogP contribution in [0.25, 0.3) is 0 Å². The number of rotatable bonds is 4. The number of nitrogens with zero attached hydrogens (tertiary/aromatic N) is 1. The molecule has 1 rings (SSSR count). The minimum atomic E-state index is -0.846. The number of amides is 2. The van der Waals surface area contributed by atoms with Gasteiger partial charge in [-0.3, -0.25) is 4.79 Å². The zero-order chi connectivity index (χ0) is 12.2. The Hall–Kier alpha value is -1.26. The molecule has 1 aliphatic rings. The van der Waals surface area contributed by atoms with Gasteiger partial charge < -0.3 is 15.3 Å². The molecule has 1 saturated carbocycles. The molecule has 0 aliphatic heterocycles. The van der Waals surface area contributed by atoms with E-state index in [-0.39, 0.29) is 12.5 Å². The second-order valence-electron chi connectivity index (χ2n) is 4.50. The van der Waals surface area contributed by atoms with Gasteiger partial charge in [0.1, 0.15) is 0 Å². The quantitative estimate of drug-likeness (QED) is 0.764. The van der Waals surface area contributed by atoms with E-state index in [2.05, 4.69) is 5.32 Å². The summed E-state index contributed by atoms with van der Waals surface area (Å²) in [7, 11) is 1.71. The lowest BCUT2D eigenvalue weighted by molar-refractivity contribution is -0.138. The highest BCUT2D eigenvalue weighted by molar-refractivity contribution is 5.76. The summed E-state index contributed by atoms with van der Waals surface area (Å²) in [4.78, 5) is 24.1. The Morgan fingerprint density at radius 2 is 1.94 bits per heavy atom. The summed E-state index contributed by atoms with van der Waals surface area (Å²) in [6.45, 7) is 2.51. The third-order valence-corrected chi connectivity index (χ3v) is 3.24. The molecule has 1 fully saturated rings. The fourth-order valence-electron chi connectivity index (χ4n) is 2.15. The molecule has 2 amide bonds. The number of carbonyl (C=O) groups excluding carboxylic acids is 1. The fourth-order valence-corrected chi connectivity index (χ4v) is 2.15. The number of carboxylic acid groups (broad SMARTS) is 1. The normalized spacial score (nSPS) is 18.1. The van der Waals surface area contributed by atoms with Crippen molar-refractivity contribution >= 4 is 12.0 Å². The molecule has 92 valence electrons. The van der Waals surface area contributed by atoms with Crippen molar-refractivity contribution in [3.63, 3.8) is 0 Å². The molecule has 0 spiro atoms. The van der Waals surface area contributed by atoms with Crippen LogP contribution in [-0.4, -0.2) is 41.1 Å². The standard InChI is InChI=1S/C11H20N2O3/c1-3-13(2)10(16)12-11(8-9(14)15)6-4-5-7-11/h3-8H2,1-2H3,(H,12,16)(H,14,15). The molecule has 0 heterocycles. The number of hydrogen-bond donors (Lipinski definition) is 2. The summed E-state index contributed by atoms with van der Waals surface area (Å²) >= 11 is 0. The van der Waals surface area contributed by atoms with Crippen LogP contribution in [0.5, 0.6) is 0 Å². The van der Waals surface area contributed by atoms with E-state index in [9.17, 15) is 9.59 Å². The van der Waals surface area contributed by atoms with Gasteiger partial charge in [0.05, 0.1) is 12.0 Å². The van der Waals surface area contributed by atoms with E-state index >= 15 is 0 Å². The molecule has 16 heavy (non-hydrogen) atoms. The summed E-state index contributed by atoms with van der Waals surface area (Å²) in [6, 6.07) is -0.175. The van der Waals surface area contributed by atoms with E-state index in [1.165, 1.54) is 0 Å². The highest BCUT2D eigenvalue weighted by Crippen LogP contribution is 2.32. The molecular weight excluding hydrogens is 208 g/mol. The van der Waals surface area contributed by atoms with Gasteiger partial charge in [-0.1, -0.05) is 12.8 Å². The van der Waals surface area contributed by atoms with Crippen LogP contribution in [0.4, 0.5) is 4.79 Å². The molecule has 0 atom stereocenters. The van der Waals surface area contributed by atoms with E-state index in [0.29, 0.717) is 6.54 Å². The summed E-state index contributed by atoms with van der Waals surface area (Å²) in [5.41, 5.74) is -0.521. The first-order valence-corrected chi connectivity index (χ1v) is 5.74. The van der Waals surface area contributed by atoms with Crippen molar-refractivity contribution in [3.8, 4) is 0 Å². The highest BCUT2D eigenvalue weighted by Gasteiger charge is 2.37. The average Bonchev–Trinajstić information content (AvgIpc) is 2.63. The maximum absolute atomic E-state index is 11.7. The highest BCUT2D eigenvalue weighted by atomic mass is 16.4. The number of carboxylic acids is 1. The molecule has 0 bridgehead atoms. The Balaban J connectivity index is 2.64. The van der Waals surface area contributed by atoms with Crippen molar-refractivity contribution < 1.29 is 14.7 Å². The van der Waals surface area contributed by atoms with Crippen LogP contribution in [0.15, 0.2) is 0 Å². The molecule has 1 aliphatic carbocycles. The Bertz CT molecular complexity index is 272. The van der Waals surface area contributed by atoms with Gasteiger partial charge in [0.15, 0.2) is 0 Å². The molecule has 0 aromatic rings. The molecule has 2 N–H and O–H groups in total. The van der Waals surface area contributed by atoms with Crippen LogP contribution < -0.4 is 5.32 Å². The van der Waals surface area contributed by atoms with Gasteiger partial charge >= 0.3 is 12.0 Å². The van der Waals surface area contributed by atoms with Crippen molar-refractivity contribution in [3.05, 3.63) is 0 Å². The topological polar surface area (TPSA) is 69.6 Å². The Morgan fingerprint density at radius 1 is 1.38 bits per heavy atom. The maximum atomic E-state index is 11.7. The summed E-state index contributed by atoms with van der Waals surface area (Å²) in [5.74, 6) is -0.846. The van der Waals surface area contributed by atoms with Gasteiger partial charge in [0.2, 0.25) is 0 Å². The van der Waals surface area contributed by atoms with E-state index in [4.69, 9.17) is 5.11 Å². The first-order valence-electron chi connectivity index (χ1n) is 5.74. The number of aliphatic carboxylic acids is 1. The monoisotopic (exact) mass is 228 g/mol. The Labute approximate surface area is 95.8 Å². The molecule has 5 heteroatoms. The van der Waals surface area contributed by atoms with Gasteiger partial charge in [-0.15, -0.1) is 0 Å². The second-order valence-corrected chi connectivity index (χ2v) is 4.50. The van der Waals surface area contributed by atoms with Crippen LogP contribution in [0.2, 0.25) is 0 Å². The molecular formula is C11H20N2O3. The van der Waals surface area contributed by atoms with Crippen molar-refractivity contribution in [2.45, 2.75) is 44.6 Å². The lowest BCUT2D eigenvalue weighted by Gasteiger charge is -2.30. The molecule has 0 aromatic carbocycles. The van der Waals surface area contributed by atoms with Crippen LogP contribution in [0, 0.1) is 0 Å². The minimum Gasteiger partial charge on any atom is -0.481 e. The SMILES string of the molecule is CCN(C)C(=O)NC1(CC(=O)O)CCCC1.